The maximum Gasteiger partial charge on any atom is 0.251 e. The van der Waals surface area contributed by atoms with E-state index in [0.717, 1.165) is 60.8 Å². The van der Waals surface area contributed by atoms with Crippen LogP contribution in [0.1, 0.15) is 155 Å². The molecule has 14 nitrogen and oxygen atoms in total. The van der Waals surface area contributed by atoms with Crippen molar-refractivity contribution in [1.29, 1.82) is 0 Å². The maximum atomic E-state index is 14.7. The summed E-state index contributed by atoms with van der Waals surface area (Å²) in [7, 11) is 1.71. The van der Waals surface area contributed by atoms with Crippen LogP contribution in [0.15, 0.2) is 109 Å². The van der Waals surface area contributed by atoms with Gasteiger partial charge in [-0.3, -0.25) is 33.6 Å². The molecule has 420 valence electrons. The number of aryl methyl sites for hydroxylation is 2. The zero-order valence-electron chi connectivity index (χ0n) is 47.3. The third-order valence-corrected chi connectivity index (χ3v) is 17.1. The number of Topliss-reactive ketones (excluding diaryl/α,β-unsaturated/α-hetero) is 2. The highest BCUT2D eigenvalue weighted by Crippen LogP contribution is 2.37. The Morgan fingerprint density at radius 2 is 1.29 bits per heavy atom. The van der Waals surface area contributed by atoms with Crippen molar-refractivity contribution in [3.63, 3.8) is 0 Å². The summed E-state index contributed by atoms with van der Waals surface area (Å²) in [4.78, 5) is 99.8. The lowest BCUT2D eigenvalue weighted by atomic mass is 9.76. The fourth-order valence-corrected chi connectivity index (χ4v) is 11.8. The highest BCUT2D eigenvalue weighted by molar-refractivity contribution is 5.97. The Bertz CT molecular complexity index is 2860. The second-order valence-corrected chi connectivity index (χ2v) is 23.6. The second-order valence-electron chi connectivity index (χ2n) is 23.6. The number of rotatable bonds is 21. The van der Waals surface area contributed by atoms with Crippen LogP contribution in [0.25, 0.3) is 0 Å². The number of hydrogen-bond donors (Lipinski definition) is 5. The number of benzene rings is 4. The summed E-state index contributed by atoms with van der Waals surface area (Å²) in [5.74, 6) is -2.98. The monoisotopic (exact) mass is 1070 g/mol. The van der Waals surface area contributed by atoms with Crippen molar-refractivity contribution in [1.82, 2.24) is 31.5 Å². The Morgan fingerprint density at radius 3 is 1.89 bits per heavy atom. The number of carbonyl (C=O) groups excluding carboxylic acids is 7. The van der Waals surface area contributed by atoms with Crippen LogP contribution in [0.5, 0.6) is 5.75 Å². The minimum Gasteiger partial charge on any atom is -0.489 e. The van der Waals surface area contributed by atoms with E-state index in [2.05, 4.69) is 44.8 Å². The zero-order chi connectivity index (χ0) is 56.4. The number of fused-ring (bicyclic) bond motifs is 2. The van der Waals surface area contributed by atoms with E-state index in [1.807, 2.05) is 114 Å². The van der Waals surface area contributed by atoms with E-state index in [9.17, 15) is 33.6 Å². The Hall–Kier alpha value is -6.93. The summed E-state index contributed by atoms with van der Waals surface area (Å²) >= 11 is 0. The molecule has 0 aromatic heterocycles. The van der Waals surface area contributed by atoms with Crippen molar-refractivity contribution in [2.75, 3.05) is 13.6 Å². The molecule has 0 saturated carbocycles. The van der Waals surface area contributed by atoms with E-state index in [4.69, 9.17) is 4.74 Å². The third kappa shape index (κ3) is 14.5. The van der Waals surface area contributed by atoms with E-state index in [0.29, 0.717) is 30.6 Å². The van der Waals surface area contributed by atoms with Gasteiger partial charge in [-0.05, 0) is 148 Å². The topological polar surface area (TPSA) is 192 Å². The van der Waals surface area contributed by atoms with Crippen molar-refractivity contribution in [3.05, 3.63) is 148 Å². The van der Waals surface area contributed by atoms with Crippen molar-refractivity contribution in [2.45, 2.75) is 161 Å². The fraction of sp³-hybridized carbons (Fsp3) is 0.492. The molecule has 4 aromatic carbocycles. The van der Waals surface area contributed by atoms with Crippen LogP contribution in [0.3, 0.4) is 0 Å². The molecule has 1 heterocycles. The van der Waals surface area contributed by atoms with E-state index < -0.39 is 47.3 Å². The van der Waals surface area contributed by atoms with Gasteiger partial charge in [0, 0.05) is 42.3 Å². The molecule has 5 N–H and O–H groups in total. The summed E-state index contributed by atoms with van der Waals surface area (Å²) in [5.41, 5.74) is 6.15. The van der Waals surface area contributed by atoms with E-state index >= 15 is 0 Å². The summed E-state index contributed by atoms with van der Waals surface area (Å²) in [6.45, 7) is 11.7. The summed E-state index contributed by atoms with van der Waals surface area (Å²) < 4.78 is 6.18. The first-order valence-electron chi connectivity index (χ1n) is 28.8. The van der Waals surface area contributed by atoms with Crippen LogP contribution in [0.2, 0.25) is 0 Å². The van der Waals surface area contributed by atoms with Gasteiger partial charge < -0.3 is 36.2 Å². The smallest absolute Gasteiger partial charge is 0.251 e. The molecule has 4 aliphatic rings. The number of carbonyl (C=O) groups is 7. The molecule has 1 aliphatic heterocycles. The predicted molar refractivity (Wildman–Crippen MR) is 306 cm³/mol. The van der Waals surface area contributed by atoms with Crippen LogP contribution in [0.4, 0.5) is 0 Å². The van der Waals surface area contributed by atoms with Gasteiger partial charge in [-0.15, -0.1) is 0 Å². The summed E-state index contributed by atoms with van der Waals surface area (Å²) in [6.07, 6.45) is 11.4. The van der Waals surface area contributed by atoms with Gasteiger partial charge in [-0.2, -0.15) is 0 Å². The van der Waals surface area contributed by atoms with Crippen molar-refractivity contribution in [3.8, 4) is 5.75 Å². The van der Waals surface area contributed by atoms with Gasteiger partial charge in [0.2, 0.25) is 23.6 Å². The molecule has 5 unspecified atom stereocenters. The van der Waals surface area contributed by atoms with Gasteiger partial charge in [-0.25, -0.2) is 0 Å². The van der Waals surface area contributed by atoms with Crippen molar-refractivity contribution < 1.29 is 38.3 Å². The van der Waals surface area contributed by atoms with E-state index in [1.165, 1.54) is 11.1 Å². The van der Waals surface area contributed by atoms with Gasteiger partial charge in [0.1, 0.15) is 24.2 Å². The molecule has 1 saturated heterocycles. The first-order chi connectivity index (χ1) is 37.9. The Labute approximate surface area is 467 Å². The number of allylic oxidation sites excluding steroid dienone is 2. The van der Waals surface area contributed by atoms with Crippen LogP contribution in [-0.2, 0) is 54.6 Å². The summed E-state index contributed by atoms with van der Waals surface area (Å²) in [5, 5.41) is 15.7. The molecule has 3 aliphatic carbocycles. The average Bonchev–Trinajstić information content (AvgIpc) is 4.06. The number of likely N-dealkylation sites (N-methyl/N-ethyl adjacent to an activating group) is 1. The Balaban J connectivity index is 0.893. The maximum absolute atomic E-state index is 14.7. The van der Waals surface area contributed by atoms with Gasteiger partial charge in [0.25, 0.3) is 5.91 Å². The fourth-order valence-electron chi connectivity index (χ4n) is 11.8. The standard InChI is InChI=1S/C65H82N6O8/c1-8-40(2)60(74)70-56(59(73)51-23-13-14-24-52(51)62(76)68-54-25-15-19-44-17-9-11-21-49(44)54)35-42-29-33-48(34-30-42)79-39-43-27-31-46(32-28-43)61(75)67-47-36-57(63(77)69-55-26-16-20-45-18-10-12-22-50(45)55)71(38-47)64(78)53(65(4,5)6)37-58(72)41(3)66-7/h9-14,17-18,21-22,27-34,40-41,47,51-57,66H,8,15-16,19-20,23-26,35-39H2,1-7H3,(H,67,75)(H,68,76)(H,69,77)(H,70,74)/t40-,41+,47?,51?,52-,53-,54?,55?,56?,57+/m1/s1. The number of ketones is 2. The van der Waals surface area contributed by atoms with Gasteiger partial charge in [0.15, 0.2) is 5.78 Å². The SMILES string of the molecule is CC[C@@H](C)C(=O)NC(Cc1ccc(OCc2ccc(C(=O)NC3C[C@@H](C(=O)NC4CCCc5ccccc54)N(C(=O)[C@@H](CC(=O)[C@H](C)NC)C(C)(C)C)C3)cc2)cc1)C(=O)C1CC=CC[C@H]1C(=O)NC1CCCc2ccccc21. The quantitative estimate of drug-likeness (QED) is 0.0508. The molecular formula is C65H82N6O8. The molecule has 79 heavy (non-hydrogen) atoms. The highest BCUT2D eigenvalue weighted by Gasteiger charge is 2.46. The number of ether oxygens (including phenoxy) is 1. The third-order valence-electron chi connectivity index (χ3n) is 17.1. The van der Waals surface area contributed by atoms with Crippen molar-refractivity contribution >= 4 is 41.1 Å². The van der Waals surface area contributed by atoms with Gasteiger partial charge in [0.05, 0.1) is 30.1 Å². The minimum absolute atomic E-state index is 0.0191. The average molecular weight is 1080 g/mol. The molecule has 14 heteroatoms. The minimum atomic E-state index is -0.848. The zero-order valence-corrected chi connectivity index (χ0v) is 47.3. The predicted octanol–water partition coefficient (Wildman–Crippen LogP) is 8.81. The van der Waals surface area contributed by atoms with Crippen LogP contribution in [-0.4, -0.2) is 83.8 Å². The Kier molecular flexibility index (Phi) is 19.4. The number of nitrogens with one attached hydrogen (secondary N) is 5. The molecule has 4 aromatic rings. The van der Waals surface area contributed by atoms with Crippen LogP contribution < -0.4 is 31.3 Å². The number of nitrogens with zero attached hydrogens (tertiary/aromatic N) is 1. The number of amides is 5. The second kappa shape index (κ2) is 26.4. The van der Waals surface area contributed by atoms with E-state index in [-0.39, 0.29) is 91.5 Å². The van der Waals surface area contributed by atoms with Gasteiger partial charge in [-0.1, -0.05) is 120 Å². The molecule has 0 bridgehead atoms. The molecule has 8 rings (SSSR count). The van der Waals surface area contributed by atoms with Gasteiger partial charge >= 0.3 is 0 Å². The Morgan fingerprint density at radius 1 is 0.709 bits per heavy atom. The first-order valence-corrected chi connectivity index (χ1v) is 28.8. The highest BCUT2D eigenvalue weighted by atomic mass is 16.5. The molecule has 0 radical (unpaired) electrons. The van der Waals surface area contributed by atoms with Crippen LogP contribution in [0, 0.1) is 29.1 Å². The molecule has 1 fully saturated rings. The first kappa shape index (κ1) is 58.2. The number of hydrogen-bond acceptors (Lipinski definition) is 9. The molecule has 5 amide bonds. The van der Waals surface area contributed by atoms with Crippen LogP contribution >= 0.6 is 0 Å². The van der Waals surface area contributed by atoms with Crippen molar-refractivity contribution in [2.24, 2.45) is 29.1 Å². The summed E-state index contributed by atoms with van der Waals surface area (Å²) in [6, 6.07) is 27.9. The molecular weight excluding hydrogens is 993 g/mol. The lowest BCUT2D eigenvalue weighted by Gasteiger charge is -2.36. The van der Waals surface area contributed by atoms with E-state index in [1.54, 1.807) is 31.0 Å². The molecule has 10 atom stereocenters. The number of likely N-dealkylation sites (tertiary alicyclic amines) is 1. The lowest BCUT2D eigenvalue weighted by Crippen LogP contribution is -2.51. The largest absolute Gasteiger partial charge is 0.489 e. The normalized spacial score (nSPS) is 22.2. The lowest BCUT2D eigenvalue weighted by molar-refractivity contribution is -0.146. The molecule has 0 spiro atoms.